The highest BCUT2D eigenvalue weighted by molar-refractivity contribution is 7.09. The van der Waals surface area contributed by atoms with Gasteiger partial charge in [0.1, 0.15) is 0 Å². The Kier molecular flexibility index (Phi) is 9.79. The van der Waals surface area contributed by atoms with Crippen molar-refractivity contribution in [1.82, 2.24) is 0 Å². The van der Waals surface area contributed by atoms with Crippen molar-refractivity contribution in [3.63, 3.8) is 0 Å². The Balaban J connectivity index is 1.98. The minimum atomic E-state index is -0.406. The molecule has 0 saturated carbocycles. The quantitative estimate of drug-likeness (QED) is 0.332. The van der Waals surface area contributed by atoms with E-state index in [-0.39, 0.29) is 12.4 Å². The number of hydrogen-bond acceptors (Lipinski definition) is 4. The number of carbonyl (C=O) groups excluding carboxylic acids is 2. The first-order chi connectivity index (χ1) is 10.2. The molecule has 0 fully saturated rings. The van der Waals surface area contributed by atoms with Crippen LogP contribution in [0.2, 0.25) is 0 Å². The summed E-state index contributed by atoms with van der Waals surface area (Å²) in [6.07, 6.45) is 9.39. The summed E-state index contributed by atoms with van der Waals surface area (Å²) in [5.74, 6) is -0.781. The number of aryl methyl sites for hydroxylation is 1. The van der Waals surface area contributed by atoms with Crippen LogP contribution in [0.25, 0.3) is 0 Å². The highest BCUT2D eigenvalue weighted by atomic mass is 32.1. The summed E-state index contributed by atoms with van der Waals surface area (Å²) in [5, 5.41) is 1.98. The Bertz CT molecular complexity index is 398. The van der Waals surface area contributed by atoms with Crippen LogP contribution in [0.5, 0.6) is 0 Å². The lowest BCUT2D eigenvalue weighted by molar-refractivity contribution is -0.159. The fraction of sp³-hybridized carbons (Fsp3) is 0.647. The Hall–Kier alpha value is -1.16. The number of unbranched alkanes of at least 4 members (excludes halogenated alkanes) is 6. The first-order valence-corrected chi connectivity index (χ1v) is 8.86. The second kappa shape index (κ2) is 11.5. The summed E-state index contributed by atoms with van der Waals surface area (Å²) < 4.78 is 4.82. The fourth-order valence-corrected chi connectivity index (χ4v) is 2.84. The number of carbonyl (C=O) groups is 2. The monoisotopic (exact) mass is 310 g/mol. The summed E-state index contributed by atoms with van der Waals surface area (Å²) in [7, 11) is 0. The second-order valence-corrected chi connectivity index (χ2v) is 6.33. The molecular weight excluding hydrogens is 284 g/mol. The highest BCUT2D eigenvalue weighted by Gasteiger charge is 2.10. The van der Waals surface area contributed by atoms with Gasteiger partial charge in [-0.25, -0.2) is 0 Å². The van der Waals surface area contributed by atoms with Crippen LogP contribution in [0.1, 0.15) is 69.6 Å². The van der Waals surface area contributed by atoms with Gasteiger partial charge in [0, 0.05) is 11.3 Å². The first-order valence-electron chi connectivity index (χ1n) is 7.98. The molecule has 0 spiro atoms. The van der Waals surface area contributed by atoms with E-state index in [1.807, 2.05) is 17.5 Å². The van der Waals surface area contributed by atoms with Crippen molar-refractivity contribution in [3.8, 4) is 0 Å². The van der Waals surface area contributed by atoms with Gasteiger partial charge in [0.15, 0.2) is 0 Å². The smallest absolute Gasteiger partial charge is 0.313 e. The van der Waals surface area contributed by atoms with Gasteiger partial charge >= 0.3 is 11.9 Å². The summed E-state index contributed by atoms with van der Waals surface area (Å²) in [4.78, 5) is 24.2. The molecule has 0 aliphatic carbocycles. The largest absolute Gasteiger partial charge is 0.393 e. The van der Waals surface area contributed by atoms with Crippen LogP contribution in [0.3, 0.4) is 0 Å². The predicted molar refractivity (Wildman–Crippen MR) is 86.3 cm³/mol. The molecule has 1 rings (SSSR count). The molecule has 0 radical (unpaired) electrons. The molecule has 0 aliphatic rings. The van der Waals surface area contributed by atoms with E-state index in [1.54, 1.807) is 11.3 Å². The van der Waals surface area contributed by atoms with Gasteiger partial charge in [0.2, 0.25) is 0 Å². The van der Waals surface area contributed by atoms with Crippen LogP contribution >= 0.6 is 11.3 Å². The minimum Gasteiger partial charge on any atom is -0.393 e. The van der Waals surface area contributed by atoms with E-state index in [2.05, 4.69) is 6.92 Å². The zero-order valence-electron chi connectivity index (χ0n) is 12.9. The van der Waals surface area contributed by atoms with Crippen LogP contribution < -0.4 is 0 Å². The maximum absolute atomic E-state index is 11.5. The van der Waals surface area contributed by atoms with Crippen molar-refractivity contribution in [2.45, 2.75) is 71.1 Å². The zero-order chi connectivity index (χ0) is 15.3. The van der Waals surface area contributed by atoms with E-state index in [9.17, 15) is 9.59 Å². The minimum absolute atomic E-state index is 0.281. The summed E-state index contributed by atoms with van der Waals surface area (Å²) in [6.45, 7) is 2.20. The standard InChI is InChI=1S/C17H26O3S/c1-2-3-4-5-6-7-8-11-16(18)20-17(19)13-12-15-10-9-14-21-15/h9-10,14H,2-8,11-13H2,1H3. The second-order valence-electron chi connectivity index (χ2n) is 5.30. The number of hydrogen-bond donors (Lipinski definition) is 0. The topological polar surface area (TPSA) is 43.4 Å². The molecule has 0 bridgehead atoms. The zero-order valence-corrected chi connectivity index (χ0v) is 13.8. The molecule has 0 amide bonds. The lowest BCUT2D eigenvalue weighted by Crippen LogP contribution is -2.12. The van der Waals surface area contributed by atoms with Gasteiger partial charge in [0.05, 0.1) is 6.42 Å². The molecule has 0 atom stereocenters. The lowest BCUT2D eigenvalue weighted by Gasteiger charge is -2.03. The van der Waals surface area contributed by atoms with Crippen molar-refractivity contribution < 1.29 is 14.3 Å². The molecule has 0 saturated heterocycles. The van der Waals surface area contributed by atoms with Crippen molar-refractivity contribution in [3.05, 3.63) is 22.4 Å². The SMILES string of the molecule is CCCCCCCCCC(=O)OC(=O)CCc1cccs1. The number of ether oxygens (including phenoxy) is 1. The molecule has 0 unspecified atom stereocenters. The van der Waals surface area contributed by atoms with Crippen LogP contribution in [-0.2, 0) is 20.7 Å². The summed E-state index contributed by atoms with van der Waals surface area (Å²) in [6, 6.07) is 3.94. The molecule has 1 heterocycles. The van der Waals surface area contributed by atoms with E-state index >= 15 is 0 Å². The fourth-order valence-electron chi connectivity index (χ4n) is 2.14. The Morgan fingerprint density at radius 2 is 1.67 bits per heavy atom. The van der Waals surface area contributed by atoms with E-state index in [0.717, 1.165) is 17.7 Å². The average molecular weight is 310 g/mol. The van der Waals surface area contributed by atoms with Crippen LogP contribution in [0, 0.1) is 0 Å². The van der Waals surface area contributed by atoms with Gasteiger partial charge in [-0.15, -0.1) is 11.3 Å². The first kappa shape index (κ1) is 17.9. The third kappa shape index (κ3) is 9.40. The van der Waals surface area contributed by atoms with E-state index < -0.39 is 5.97 Å². The van der Waals surface area contributed by atoms with Crippen LogP contribution in [0.4, 0.5) is 0 Å². The molecule has 21 heavy (non-hydrogen) atoms. The van der Waals surface area contributed by atoms with E-state index in [0.29, 0.717) is 12.8 Å². The van der Waals surface area contributed by atoms with Crippen molar-refractivity contribution in [1.29, 1.82) is 0 Å². The van der Waals surface area contributed by atoms with Gasteiger partial charge in [-0.1, -0.05) is 51.5 Å². The third-order valence-corrected chi connectivity index (χ3v) is 4.30. The summed E-state index contributed by atoms with van der Waals surface area (Å²) >= 11 is 1.62. The average Bonchev–Trinajstić information content (AvgIpc) is 2.97. The molecule has 0 aromatic carbocycles. The maximum atomic E-state index is 11.5. The molecule has 3 nitrogen and oxygen atoms in total. The van der Waals surface area contributed by atoms with Crippen molar-refractivity contribution >= 4 is 23.3 Å². The van der Waals surface area contributed by atoms with Crippen LogP contribution in [0.15, 0.2) is 17.5 Å². The van der Waals surface area contributed by atoms with E-state index in [4.69, 9.17) is 4.74 Å². The molecule has 1 aromatic heterocycles. The normalized spacial score (nSPS) is 10.5. The molecule has 0 N–H and O–H groups in total. The van der Waals surface area contributed by atoms with Crippen molar-refractivity contribution in [2.24, 2.45) is 0 Å². The van der Waals surface area contributed by atoms with Crippen molar-refractivity contribution in [2.75, 3.05) is 0 Å². The van der Waals surface area contributed by atoms with Gasteiger partial charge in [0.25, 0.3) is 0 Å². The summed E-state index contributed by atoms with van der Waals surface area (Å²) in [5.41, 5.74) is 0. The highest BCUT2D eigenvalue weighted by Crippen LogP contribution is 2.12. The predicted octanol–water partition coefficient (Wildman–Crippen LogP) is 4.89. The number of esters is 2. The number of rotatable bonds is 11. The maximum Gasteiger partial charge on any atom is 0.313 e. The molecule has 1 aromatic rings. The van der Waals surface area contributed by atoms with Gasteiger partial charge in [-0.3, -0.25) is 9.59 Å². The van der Waals surface area contributed by atoms with Gasteiger partial charge in [-0.2, -0.15) is 0 Å². The Labute approximate surface area is 131 Å². The third-order valence-electron chi connectivity index (χ3n) is 3.37. The Morgan fingerprint density at radius 1 is 1.00 bits per heavy atom. The van der Waals surface area contributed by atoms with Gasteiger partial charge in [-0.05, 0) is 24.3 Å². The Morgan fingerprint density at radius 3 is 2.33 bits per heavy atom. The van der Waals surface area contributed by atoms with E-state index in [1.165, 1.54) is 32.1 Å². The van der Waals surface area contributed by atoms with Crippen LogP contribution in [-0.4, -0.2) is 11.9 Å². The molecular formula is C17H26O3S. The molecule has 118 valence electrons. The molecule has 0 aliphatic heterocycles. The van der Waals surface area contributed by atoms with Gasteiger partial charge < -0.3 is 4.74 Å². The lowest BCUT2D eigenvalue weighted by atomic mass is 10.1. The number of thiophene rings is 1. The molecule has 4 heteroatoms.